The van der Waals surface area contributed by atoms with Crippen LogP contribution in [0, 0.1) is 0 Å². The van der Waals surface area contributed by atoms with Crippen LogP contribution in [0.25, 0.3) is 0 Å². The van der Waals surface area contributed by atoms with E-state index in [0.29, 0.717) is 5.75 Å². The number of aryl methyl sites for hydroxylation is 1. The SMILES string of the molecule is CCc1ccc(Oc2cc(NC)nc(C(F)(F)F)n2)cc1. The average Bonchev–Trinajstić information content (AvgIpc) is 2.46. The minimum atomic E-state index is -4.63. The number of nitrogens with one attached hydrogen (secondary N) is 1. The Morgan fingerprint density at radius 3 is 2.33 bits per heavy atom. The molecule has 2 rings (SSSR count). The maximum absolute atomic E-state index is 12.7. The van der Waals surface area contributed by atoms with Crippen LogP contribution in [-0.4, -0.2) is 17.0 Å². The molecule has 0 radical (unpaired) electrons. The summed E-state index contributed by atoms with van der Waals surface area (Å²) in [6, 6.07) is 8.38. The van der Waals surface area contributed by atoms with Crippen molar-refractivity contribution in [1.29, 1.82) is 0 Å². The molecule has 0 aliphatic heterocycles. The molecule has 0 aliphatic rings. The summed E-state index contributed by atoms with van der Waals surface area (Å²) < 4.78 is 43.5. The summed E-state index contributed by atoms with van der Waals surface area (Å²) >= 11 is 0. The fourth-order valence-electron chi connectivity index (χ4n) is 1.65. The summed E-state index contributed by atoms with van der Waals surface area (Å²) in [4.78, 5) is 6.76. The van der Waals surface area contributed by atoms with Gasteiger partial charge in [0.25, 0.3) is 0 Å². The first kappa shape index (κ1) is 15.1. The third-order valence-electron chi connectivity index (χ3n) is 2.77. The summed E-state index contributed by atoms with van der Waals surface area (Å²) in [5.41, 5.74) is 1.11. The molecule has 4 nitrogen and oxygen atoms in total. The monoisotopic (exact) mass is 297 g/mol. The normalized spacial score (nSPS) is 11.3. The predicted molar refractivity (Wildman–Crippen MR) is 72.5 cm³/mol. The molecule has 1 heterocycles. The van der Waals surface area contributed by atoms with Crippen LogP contribution in [0.5, 0.6) is 11.6 Å². The number of anilines is 1. The van der Waals surface area contributed by atoms with Crippen LogP contribution in [0.4, 0.5) is 19.0 Å². The van der Waals surface area contributed by atoms with Crippen molar-refractivity contribution in [1.82, 2.24) is 9.97 Å². The highest BCUT2D eigenvalue weighted by Crippen LogP contribution is 2.30. The van der Waals surface area contributed by atoms with E-state index in [4.69, 9.17) is 4.74 Å². The van der Waals surface area contributed by atoms with Crippen molar-refractivity contribution in [3.8, 4) is 11.6 Å². The number of benzene rings is 1. The lowest BCUT2D eigenvalue weighted by Gasteiger charge is -2.11. The Balaban J connectivity index is 2.29. The molecule has 21 heavy (non-hydrogen) atoms. The molecule has 0 fully saturated rings. The zero-order valence-corrected chi connectivity index (χ0v) is 11.5. The number of aromatic nitrogens is 2. The first-order valence-electron chi connectivity index (χ1n) is 6.33. The van der Waals surface area contributed by atoms with Gasteiger partial charge in [-0.15, -0.1) is 0 Å². The number of rotatable bonds is 4. The van der Waals surface area contributed by atoms with E-state index in [1.165, 1.54) is 13.1 Å². The number of ether oxygens (including phenoxy) is 1. The van der Waals surface area contributed by atoms with Gasteiger partial charge in [0.2, 0.25) is 11.7 Å². The third kappa shape index (κ3) is 3.84. The van der Waals surface area contributed by atoms with Crippen LogP contribution < -0.4 is 10.1 Å². The van der Waals surface area contributed by atoms with E-state index >= 15 is 0 Å². The van der Waals surface area contributed by atoms with Crippen LogP contribution >= 0.6 is 0 Å². The number of hydrogen-bond acceptors (Lipinski definition) is 4. The largest absolute Gasteiger partial charge is 0.451 e. The predicted octanol–water partition coefficient (Wildman–Crippen LogP) is 3.89. The molecule has 1 aromatic carbocycles. The van der Waals surface area contributed by atoms with E-state index in [2.05, 4.69) is 15.3 Å². The summed E-state index contributed by atoms with van der Waals surface area (Å²) in [6.07, 6.45) is -3.76. The average molecular weight is 297 g/mol. The molecule has 2 aromatic rings. The van der Waals surface area contributed by atoms with E-state index in [1.807, 2.05) is 19.1 Å². The topological polar surface area (TPSA) is 47.0 Å². The lowest BCUT2D eigenvalue weighted by molar-refractivity contribution is -0.145. The second-order valence-electron chi connectivity index (χ2n) is 4.26. The summed E-state index contributed by atoms with van der Waals surface area (Å²) in [5, 5.41) is 2.55. The number of nitrogens with zero attached hydrogens (tertiary/aromatic N) is 2. The molecular formula is C14H14F3N3O. The maximum atomic E-state index is 12.7. The molecule has 1 N–H and O–H groups in total. The minimum absolute atomic E-state index is 0.0394. The number of halogens is 3. The summed E-state index contributed by atoms with van der Waals surface area (Å²) in [6.45, 7) is 2.01. The molecule has 0 spiro atoms. The third-order valence-corrected chi connectivity index (χ3v) is 2.77. The molecule has 0 unspecified atom stereocenters. The van der Waals surface area contributed by atoms with Gasteiger partial charge in [0, 0.05) is 13.1 Å². The van der Waals surface area contributed by atoms with Gasteiger partial charge in [-0.3, -0.25) is 0 Å². The highest BCUT2D eigenvalue weighted by atomic mass is 19.4. The van der Waals surface area contributed by atoms with E-state index in [-0.39, 0.29) is 11.7 Å². The van der Waals surface area contributed by atoms with Crippen molar-refractivity contribution in [2.24, 2.45) is 0 Å². The Labute approximate surface area is 120 Å². The molecule has 0 saturated carbocycles. The van der Waals surface area contributed by atoms with Crippen molar-refractivity contribution >= 4 is 5.82 Å². The molecule has 0 amide bonds. The zero-order chi connectivity index (χ0) is 15.5. The fraction of sp³-hybridized carbons (Fsp3) is 0.286. The van der Waals surface area contributed by atoms with Gasteiger partial charge in [-0.1, -0.05) is 19.1 Å². The van der Waals surface area contributed by atoms with Gasteiger partial charge in [-0.25, -0.2) is 4.98 Å². The summed E-state index contributed by atoms with van der Waals surface area (Å²) in [7, 11) is 1.47. The molecule has 1 aromatic heterocycles. The molecule has 7 heteroatoms. The highest BCUT2D eigenvalue weighted by molar-refractivity contribution is 5.40. The van der Waals surface area contributed by atoms with Crippen molar-refractivity contribution in [2.45, 2.75) is 19.5 Å². The molecule has 0 saturated heterocycles. The second-order valence-corrected chi connectivity index (χ2v) is 4.26. The Morgan fingerprint density at radius 1 is 1.14 bits per heavy atom. The van der Waals surface area contributed by atoms with Crippen LogP contribution in [0.2, 0.25) is 0 Å². The zero-order valence-electron chi connectivity index (χ0n) is 11.5. The van der Waals surface area contributed by atoms with Gasteiger partial charge in [0.1, 0.15) is 11.6 Å². The summed E-state index contributed by atoms with van der Waals surface area (Å²) in [5.74, 6) is -0.945. The second kappa shape index (κ2) is 5.99. The quantitative estimate of drug-likeness (QED) is 0.930. The van der Waals surface area contributed by atoms with E-state index in [9.17, 15) is 13.2 Å². The van der Waals surface area contributed by atoms with E-state index in [0.717, 1.165) is 12.0 Å². The van der Waals surface area contributed by atoms with Crippen LogP contribution in [0.1, 0.15) is 18.3 Å². The molecule has 0 aliphatic carbocycles. The van der Waals surface area contributed by atoms with Crippen LogP contribution in [0.3, 0.4) is 0 Å². The van der Waals surface area contributed by atoms with Crippen molar-refractivity contribution in [3.05, 3.63) is 41.7 Å². The Kier molecular flexibility index (Phi) is 4.30. The highest BCUT2D eigenvalue weighted by Gasteiger charge is 2.35. The lowest BCUT2D eigenvalue weighted by atomic mass is 10.2. The number of alkyl halides is 3. The van der Waals surface area contributed by atoms with Crippen molar-refractivity contribution < 1.29 is 17.9 Å². The Hall–Kier alpha value is -2.31. The lowest BCUT2D eigenvalue weighted by Crippen LogP contribution is -2.12. The van der Waals surface area contributed by atoms with Crippen LogP contribution in [-0.2, 0) is 12.6 Å². The van der Waals surface area contributed by atoms with Gasteiger partial charge in [-0.05, 0) is 24.1 Å². The van der Waals surface area contributed by atoms with Crippen molar-refractivity contribution in [3.63, 3.8) is 0 Å². The Bertz CT molecular complexity index is 612. The van der Waals surface area contributed by atoms with Gasteiger partial charge in [0.15, 0.2) is 0 Å². The standard InChI is InChI=1S/C14H14F3N3O/c1-3-9-4-6-10(7-5-9)21-12-8-11(18-2)19-13(20-12)14(15,16)17/h4-8H,3H2,1-2H3,(H,18,19,20). The van der Waals surface area contributed by atoms with Gasteiger partial charge in [-0.2, -0.15) is 18.2 Å². The maximum Gasteiger partial charge on any atom is 0.451 e. The van der Waals surface area contributed by atoms with Crippen LogP contribution in [0.15, 0.2) is 30.3 Å². The number of hydrogen-bond donors (Lipinski definition) is 1. The smallest absolute Gasteiger partial charge is 0.439 e. The first-order valence-corrected chi connectivity index (χ1v) is 6.33. The van der Waals surface area contributed by atoms with E-state index in [1.54, 1.807) is 12.1 Å². The van der Waals surface area contributed by atoms with E-state index < -0.39 is 12.0 Å². The molecular weight excluding hydrogens is 283 g/mol. The van der Waals surface area contributed by atoms with Gasteiger partial charge >= 0.3 is 6.18 Å². The van der Waals surface area contributed by atoms with Crippen molar-refractivity contribution in [2.75, 3.05) is 12.4 Å². The van der Waals surface area contributed by atoms with Gasteiger partial charge in [0.05, 0.1) is 0 Å². The Morgan fingerprint density at radius 2 is 1.81 bits per heavy atom. The minimum Gasteiger partial charge on any atom is -0.439 e. The molecule has 112 valence electrons. The fourth-order valence-corrected chi connectivity index (χ4v) is 1.65. The first-order chi connectivity index (χ1) is 9.92. The van der Waals surface area contributed by atoms with Gasteiger partial charge < -0.3 is 10.1 Å². The molecule has 0 bridgehead atoms. The molecule has 0 atom stereocenters.